The van der Waals surface area contributed by atoms with Crippen LogP contribution in [0.3, 0.4) is 0 Å². The first-order valence-corrected chi connectivity index (χ1v) is 3.70. The van der Waals surface area contributed by atoms with Crippen LogP contribution in [0, 0.1) is 0 Å². The topological polar surface area (TPSA) is 41.5 Å². The summed E-state index contributed by atoms with van der Waals surface area (Å²) >= 11 is 0. The highest BCUT2D eigenvalue weighted by Gasteiger charge is 2.24. The Labute approximate surface area is 73.5 Å². The van der Waals surface area contributed by atoms with E-state index in [1.165, 1.54) is 0 Å². The summed E-state index contributed by atoms with van der Waals surface area (Å²) < 4.78 is 5.28. The number of rotatable bonds is 1. The second kappa shape index (κ2) is 4.93. The summed E-state index contributed by atoms with van der Waals surface area (Å²) in [5.41, 5.74) is -0.212. The van der Waals surface area contributed by atoms with Gasteiger partial charge in [-0.2, -0.15) is 0 Å². The van der Waals surface area contributed by atoms with Gasteiger partial charge in [-0.3, -0.25) is 0 Å². The molecule has 1 aliphatic rings. The molecule has 0 aromatic carbocycles. The van der Waals surface area contributed by atoms with Crippen LogP contribution in [-0.4, -0.2) is 37.0 Å². The van der Waals surface area contributed by atoms with E-state index < -0.39 is 0 Å². The van der Waals surface area contributed by atoms with Gasteiger partial charge in [-0.15, -0.1) is 12.4 Å². The molecular formula is C7H16ClNO2. The molecule has 1 saturated heterocycles. The van der Waals surface area contributed by atoms with Gasteiger partial charge in [-0.1, -0.05) is 0 Å². The van der Waals surface area contributed by atoms with Gasteiger partial charge in [0.1, 0.15) is 0 Å². The quantitative estimate of drug-likeness (QED) is 0.606. The average Bonchev–Trinajstić information content (AvgIpc) is 2.15. The lowest BCUT2D eigenvalue weighted by Gasteiger charge is -2.25. The van der Waals surface area contributed by atoms with Gasteiger partial charge in [-0.05, 0) is 19.9 Å². The van der Waals surface area contributed by atoms with Crippen molar-refractivity contribution in [2.75, 3.05) is 26.4 Å². The van der Waals surface area contributed by atoms with Crippen molar-refractivity contribution in [3.63, 3.8) is 0 Å². The second-order valence-electron chi connectivity index (χ2n) is 3.05. The largest absolute Gasteiger partial charge is 0.394 e. The van der Waals surface area contributed by atoms with Gasteiger partial charge >= 0.3 is 0 Å². The number of hydrogen-bond donors (Lipinski definition) is 2. The fraction of sp³-hybridized carbons (Fsp3) is 1.00. The van der Waals surface area contributed by atoms with Crippen LogP contribution >= 0.6 is 12.4 Å². The van der Waals surface area contributed by atoms with Crippen molar-refractivity contribution in [1.29, 1.82) is 0 Å². The molecule has 1 heterocycles. The highest BCUT2D eigenvalue weighted by Crippen LogP contribution is 2.06. The lowest BCUT2D eigenvalue weighted by Crippen LogP contribution is -2.48. The molecule has 0 radical (unpaired) electrons. The molecule has 1 fully saturated rings. The predicted molar refractivity (Wildman–Crippen MR) is 46.2 cm³/mol. The van der Waals surface area contributed by atoms with Gasteiger partial charge < -0.3 is 15.2 Å². The number of nitrogens with one attached hydrogen (secondary N) is 1. The third kappa shape index (κ3) is 3.38. The van der Waals surface area contributed by atoms with Crippen molar-refractivity contribution in [2.45, 2.75) is 18.9 Å². The normalized spacial score (nSPS) is 32.2. The van der Waals surface area contributed by atoms with E-state index in [4.69, 9.17) is 9.84 Å². The van der Waals surface area contributed by atoms with Crippen LogP contribution < -0.4 is 5.32 Å². The first kappa shape index (κ1) is 11.2. The minimum Gasteiger partial charge on any atom is -0.394 e. The van der Waals surface area contributed by atoms with E-state index in [0.29, 0.717) is 6.61 Å². The first-order chi connectivity index (χ1) is 4.77. The maximum atomic E-state index is 8.93. The van der Waals surface area contributed by atoms with Crippen LogP contribution in [0.2, 0.25) is 0 Å². The molecule has 0 aromatic rings. The molecule has 0 aromatic heterocycles. The van der Waals surface area contributed by atoms with Crippen molar-refractivity contribution in [2.24, 2.45) is 0 Å². The Morgan fingerprint density at radius 2 is 2.36 bits per heavy atom. The number of hydrogen-bond acceptors (Lipinski definition) is 3. The molecular weight excluding hydrogens is 166 g/mol. The Hall–Kier alpha value is 0.170. The Kier molecular flexibility index (Phi) is 5.01. The molecule has 4 heteroatoms. The third-order valence-corrected chi connectivity index (χ3v) is 1.79. The molecule has 68 valence electrons. The van der Waals surface area contributed by atoms with Gasteiger partial charge in [0.05, 0.1) is 18.8 Å². The van der Waals surface area contributed by atoms with Crippen LogP contribution in [0.1, 0.15) is 13.3 Å². The number of halogens is 1. The van der Waals surface area contributed by atoms with E-state index in [1.54, 1.807) is 0 Å². The molecule has 0 bridgehead atoms. The van der Waals surface area contributed by atoms with Crippen LogP contribution in [0.25, 0.3) is 0 Å². The Morgan fingerprint density at radius 3 is 3.00 bits per heavy atom. The van der Waals surface area contributed by atoms with Crippen molar-refractivity contribution >= 4 is 12.4 Å². The van der Waals surface area contributed by atoms with Gasteiger partial charge in [0.2, 0.25) is 0 Å². The van der Waals surface area contributed by atoms with E-state index in [0.717, 1.165) is 19.6 Å². The molecule has 0 saturated carbocycles. The standard InChI is InChI=1S/C7H15NO2.ClH/c1-7(5-9)6-10-4-2-3-8-7;/h8-9H,2-6H2,1H3;1H. The zero-order valence-electron chi connectivity index (χ0n) is 6.80. The van der Waals surface area contributed by atoms with E-state index in [-0.39, 0.29) is 24.6 Å². The van der Waals surface area contributed by atoms with E-state index in [2.05, 4.69) is 5.32 Å². The summed E-state index contributed by atoms with van der Waals surface area (Å²) in [5.74, 6) is 0. The lowest BCUT2D eigenvalue weighted by molar-refractivity contribution is 0.0661. The molecule has 1 rings (SSSR count). The summed E-state index contributed by atoms with van der Waals surface area (Å²) in [6.07, 6.45) is 1.04. The summed E-state index contributed by atoms with van der Waals surface area (Å²) in [6.45, 7) is 4.48. The number of aliphatic hydroxyl groups is 1. The molecule has 1 aliphatic heterocycles. The average molecular weight is 182 g/mol. The maximum Gasteiger partial charge on any atom is 0.0668 e. The monoisotopic (exact) mass is 181 g/mol. The Balaban J connectivity index is 0.000001000. The predicted octanol–water partition coefficient (Wildman–Crippen LogP) is 0.169. The summed E-state index contributed by atoms with van der Waals surface area (Å²) in [4.78, 5) is 0. The SMILES string of the molecule is CC1(CO)COCCCN1.Cl. The second-order valence-corrected chi connectivity index (χ2v) is 3.05. The summed E-state index contributed by atoms with van der Waals surface area (Å²) in [7, 11) is 0. The Bertz CT molecular complexity index is 103. The summed E-state index contributed by atoms with van der Waals surface area (Å²) in [6, 6.07) is 0. The van der Waals surface area contributed by atoms with Crippen LogP contribution in [0.4, 0.5) is 0 Å². The number of ether oxygens (including phenoxy) is 1. The minimum atomic E-state index is -0.212. The van der Waals surface area contributed by atoms with Crippen molar-refractivity contribution in [3.05, 3.63) is 0 Å². The minimum absolute atomic E-state index is 0. The fourth-order valence-electron chi connectivity index (χ4n) is 1.01. The first-order valence-electron chi connectivity index (χ1n) is 3.70. The molecule has 1 atom stereocenters. The zero-order chi connectivity index (χ0) is 7.45. The molecule has 0 spiro atoms. The zero-order valence-corrected chi connectivity index (χ0v) is 7.62. The third-order valence-electron chi connectivity index (χ3n) is 1.79. The van der Waals surface area contributed by atoms with Crippen LogP contribution in [0.5, 0.6) is 0 Å². The molecule has 3 nitrogen and oxygen atoms in total. The van der Waals surface area contributed by atoms with Gasteiger partial charge in [-0.25, -0.2) is 0 Å². The molecule has 2 N–H and O–H groups in total. The van der Waals surface area contributed by atoms with Crippen LogP contribution in [0.15, 0.2) is 0 Å². The fourth-order valence-corrected chi connectivity index (χ4v) is 1.01. The van der Waals surface area contributed by atoms with Gasteiger partial charge in [0, 0.05) is 6.61 Å². The smallest absolute Gasteiger partial charge is 0.0668 e. The van der Waals surface area contributed by atoms with Crippen LogP contribution in [-0.2, 0) is 4.74 Å². The number of aliphatic hydroxyl groups excluding tert-OH is 1. The molecule has 1 unspecified atom stereocenters. The molecule has 11 heavy (non-hydrogen) atoms. The summed E-state index contributed by atoms with van der Waals surface area (Å²) in [5, 5.41) is 12.2. The van der Waals surface area contributed by atoms with Gasteiger partial charge in [0.15, 0.2) is 0 Å². The maximum absolute atomic E-state index is 8.93. The Morgan fingerprint density at radius 1 is 1.64 bits per heavy atom. The van der Waals surface area contributed by atoms with E-state index in [1.807, 2.05) is 6.92 Å². The van der Waals surface area contributed by atoms with Crippen molar-refractivity contribution < 1.29 is 9.84 Å². The van der Waals surface area contributed by atoms with E-state index in [9.17, 15) is 0 Å². The highest BCUT2D eigenvalue weighted by atomic mass is 35.5. The highest BCUT2D eigenvalue weighted by molar-refractivity contribution is 5.85. The lowest BCUT2D eigenvalue weighted by atomic mass is 10.1. The van der Waals surface area contributed by atoms with Gasteiger partial charge in [0.25, 0.3) is 0 Å². The molecule has 0 aliphatic carbocycles. The van der Waals surface area contributed by atoms with Crippen molar-refractivity contribution in [3.8, 4) is 0 Å². The van der Waals surface area contributed by atoms with E-state index >= 15 is 0 Å². The van der Waals surface area contributed by atoms with Crippen molar-refractivity contribution in [1.82, 2.24) is 5.32 Å². The molecule has 0 amide bonds.